The quantitative estimate of drug-likeness (QED) is 0.346. The molecule has 28 heavy (non-hydrogen) atoms. The molecule has 3 rings (SSSR count). The van der Waals surface area contributed by atoms with Gasteiger partial charge in [0, 0.05) is 19.5 Å². The number of hydrogen-bond donors (Lipinski definition) is 2. The molecule has 1 aromatic heterocycles. The van der Waals surface area contributed by atoms with Crippen LogP contribution in [-0.2, 0) is 19.5 Å². The van der Waals surface area contributed by atoms with E-state index in [-0.39, 0.29) is 35.9 Å². The molecule has 0 aliphatic carbocycles. The Morgan fingerprint density at radius 1 is 1.25 bits per heavy atom. The summed E-state index contributed by atoms with van der Waals surface area (Å²) in [5, 5.41) is 15.1. The summed E-state index contributed by atoms with van der Waals surface area (Å²) in [4.78, 5) is 4.62. The maximum atomic E-state index is 13.0. The number of fused-ring (bicyclic) bond motifs is 1. The number of hydrogen-bond acceptors (Lipinski definition) is 4. The van der Waals surface area contributed by atoms with Crippen LogP contribution in [0.5, 0.6) is 5.75 Å². The third kappa shape index (κ3) is 6.32. The molecule has 1 atom stereocenters. The second-order valence-electron chi connectivity index (χ2n) is 6.60. The average molecular weight is 502 g/mol. The summed E-state index contributed by atoms with van der Waals surface area (Å²) < 4.78 is 20.9. The Hall–Kier alpha value is -1.91. The van der Waals surface area contributed by atoms with Gasteiger partial charge in [-0.3, -0.25) is 0 Å². The highest BCUT2D eigenvalue weighted by molar-refractivity contribution is 14.0. The van der Waals surface area contributed by atoms with Crippen molar-refractivity contribution in [3.05, 3.63) is 41.7 Å². The van der Waals surface area contributed by atoms with Gasteiger partial charge in [-0.2, -0.15) is 0 Å². The topological polar surface area (TPSA) is 76.4 Å². The van der Waals surface area contributed by atoms with Crippen LogP contribution in [0.3, 0.4) is 0 Å². The number of aryl methyl sites for hydroxylation is 1. The number of rotatable bonds is 7. The summed E-state index contributed by atoms with van der Waals surface area (Å²) in [6.45, 7) is 6.76. The van der Waals surface area contributed by atoms with E-state index in [0.29, 0.717) is 24.8 Å². The van der Waals surface area contributed by atoms with Crippen molar-refractivity contribution in [2.75, 3.05) is 13.1 Å². The van der Waals surface area contributed by atoms with E-state index in [2.05, 4.69) is 30.4 Å². The first kappa shape index (κ1) is 22.4. The fraction of sp³-hybridized carbons (Fsp3) is 0.526. The maximum absolute atomic E-state index is 13.0. The van der Waals surface area contributed by atoms with Crippen LogP contribution in [0.4, 0.5) is 4.39 Å². The maximum Gasteiger partial charge on any atom is 0.191 e. The SMILES string of the molecule is CCNC(=NCc1nnc2n1CCCC2)NCC(C)Oc1ccc(F)cc1.I. The van der Waals surface area contributed by atoms with Gasteiger partial charge in [0.2, 0.25) is 0 Å². The normalized spacial score (nSPS) is 14.6. The van der Waals surface area contributed by atoms with Crippen LogP contribution >= 0.6 is 24.0 Å². The van der Waals surface area contributed by atoms with E-state index in [1.54, 1.807) is 12.1 Å². The average Bonchev–Trinajstić information content (AvgIpc) is 3.09. The number of aromatic nitrogens is 3. The number of nitrogens with one attached hydrogen (secondary N) is 2. The molecule has 2 heterocycles. The highest BCUT2D eigenvalue weighted by Crippen LogP contribution is 2.15. The van der Waals surface area contributed by atoms with Gasteiger partial charge in [0.15, 0.2) is 11.8 Å². The minimum Gasteiger partial charge on any atom is -0.489 e. The van der Waals surface area contributed by atoms with Crippen LogP contribution < -0.4 is 15.4 Å². The van der Waals surface area contributed by atoms with E-state index < -0.39 is 0 Å². The monoisotopic (exact) mass is 502 g/mol. The predicted molar refractivity (Wildman–Crippen MR) is 118 cm³/mol. The Balaban J connectivity index is 0.00000280. The molecule has 9 heteroatoms. The van der Waals surface area contributed by atoms with Crippen LogP contribution in [0.25, 0.3) is 0 Å². The molecule has 0 fully saturated rings. The number of aliphatic imine (C=N–C) groups is 1. The van der Waals surface area contributed by atoms with Crippen LogP contribution in [0, 0.1) is 5.82 Å². The molecule has 1 aliphatic heterocycles. The third-order valence-electron chi connectivity index (χ3n) is 4.37. The van der Waals surface area contributed by atoms with E-state index in [0.717, 1.165) is 37.6 Å². The van der Waals surface area contributed by atoms with E-state index in [9.17, 15) is 4.39 Å². The predicted octanol–water partition coefficient (Wildman–Crippen LogP) is 2.89. The minimum absolute atomic E-state index is 0. The molecular formula is C19H28FIN6O. The summed E-state index contributed by atoms with van der Waals surface area (Å²) >= 11 is 0. The highest BCUT2D eigenvalue weighted by atomic mass is 127. The van der Waals surface area contributed by atoms with Crippen LogP contribution in [0.1, 0.15) is 38.3 Å². The molecular weight excluding hydrogens is 474 g/mol. The van der Waals surface area contributed by atoms with Crippen molar-refractivity contribution in [3.63, 3.8) is 0 Å². The Bertz CT molecular complexity index is 764. The molecule has 1 unspecified atom stereocenters. The largest absolute Gasteiger partial charge is 0.489 e. The lowest BCUT2D eigenvalue weighted by Crippen LogP contribution is -2.41. The molecule has 154 valence electrons. The molecule has 0 amide bonds. The minimum atomic E-state index is -0.273. The lowest BCUT2D eigenvalue weighted by atomic mass is 10.2. The van der Waals surface area contributed by atoms with Gasteiger partial charge in [-0.15, -0.1) is 34.2 Å². The van der Waals surface area contributed by atoms with Crippen molar-refractivity contribution < 1.29 is 9.13 Å². The van der Waals surface area contributed by atoms with E-state index >= 15 is 0 Å². The first-order valence-corrected chi connectivity index (χ1v) is 9.51. The number of halogens is 2. The van der Waals surface area contributed by atoms with Gasteiger partial charge in [0.25, 0.3) is 0 Å². The lowest BCUT2D eigenvalue weighted by molar-refractivity contribution is 0.223. The second-order valence-corrected chi connectivity index (χ2v) is 6.60. The number of benzene rings is 1. The zero-order valence-corrected chi connectivity index (χ0v) is 18.7. The molecule has 0 radical (unpaired) electrons. The Morgan fingerprint density at radius 3 is 2.79 bits per heavy atom. The van der Waals surface area contributed by atoms with Crippen LogP contribution in [-0.4, -0.2) is 39.9 Å². The van der Waals surface area contributed by atoms with Crippen LogP contribution in [0.2, 0.25) is 0 Å². The van der Waals surface area contributed by atoms with Crippen molar-refractivity contribution in [2.24, 2.45) is 4.99 Å². The van der Waals surface area contributed by atoms with Crippen LogP contribution in [0.15, 0.2) is 29.3 Å². The summed E-state index contributed by atoms with van der Waals surface area (Å²) in [7, 11) is 0. The third-order valence-corrected chi connectivity index (χ3v) is 4.37. The van der Waals surface area contributed by atoms with Gasteiger partial charge in [0.05, 0.1) is 6.54 Å². The van der Waals surface area contributed by atoms with Crippen molar-refractivity contribution in [1.82, 2.24) is 25.4 Å². The summed E-state index contributed by atoms with van der Waals surface area (Å²) in [5.41, 5.74) is 0. The molecule has 1 aliphatic rings. The zero-order valence-electron chi connectivity index (χ0n) is 16.3. The van der Waals surface area contributed by atoms with Crippen molar-refractivity contribution in [2.45, 2.75) is 52.3 Å². The second kappa shape index (κ2) is 11.2. The molecule has 0 bridgehead atoms. The van der Waals surface area contributed by atoms with E-state index in [4.69, 9.17) is 4.74 Å². The molecule has 2 aromatic rings. The number of guanidine groups is 1. The van der Waals surface area contributed by atoms with E-state index in [1.165, 1.54) is 18.6 Å². The summed E-state index contributed by atoms with van der Waals surface area (Å²) in [6.07, 6.45) is 3.24. The molecule has 0 saturated heterocycles. The first-order valence-electron chi connectivity index (χ1n) is 9.51. The fourth-order valence-corrected chi connectivity index (χ4v) is 3.00. The van der Waals surface area contributed by atoms with Crippen molar-refractivity contribution in [3.8, 4) is 5.75 Å². The Kier molecular flexibility index (Phi) is 8.94. The zero-order chi connectivity index (χ0) is 19.1. The Labute approximate surface area is 182 Å². The van der Waals surface area contributed by atoms with E-state index in [1.807, 2.05) is 13.8 Å². The van der Waals surface area contributed by atoms with Gasteiger partial charge in [-0.1, -0.05) is 0 Å². The molecule has 0 spiro atoms. The van der Waals surface area contributed by atoms with Gasteiger partial charge in [-0.05, 0) is 51.0 Å². The first-order chi connectivity index (χ1) is 13.2. The molecule has 7 nitrogen and oxygen atoms in total. The van der Waals surface area contributed by atoms with Gasteiger partial charge < -0.3 is 19.9 Å². The lowest BCUT2D eigenvalue weighted by Gasteiger charge is -2.18. The summed E-state index contributed by atoms with van der Waals surface area (Å²) in [5.74, 6) is 3.04. The smallest absolute Gasteiger partial charge is 0.191 e. The standard InChI is InChI=1S/C19H27FN6O.HI/c1-3-21-19(22-12-14(2)27-16-9-7-15(20)8-10-16)23-13-18-25-24-17-6-4-5-11-26(17)18;/h7-10,14H,3-6,11-13H2,1-2H3,(H2,21,22,23);1H. The number of ether oxygens (including phenoxy) is 1. The Morgan fingerprint density at radius 2 is 2.04 bits per heavy atom. The van der Waals surface area contributed by atoms with Crippen molar-refractivity contribution in [1.29, 1.82) is 0 Å². The molecule has 0 saturated carbocycles. The van der Waals surface area contributed by atoms with Crippen molar-refractivity contribution >= 4 is 29.9 Å². The van der Waals surface area contributed by atoms with Gasteiger partial charge in [-0.25, -0.2) is 9.38 Å². The fourth-order valence-electron chi connectivity index (χ4n) is 3.00. The summed E-state index contributed by atoms with van der Waals surface area (Å²) in [6, 6.07) is 6.03. The number of nitrogens with zero attached hydrogens (tertiary/aromatic N) is 4. The molecule has 2 N–H and O–H groups in total. The highest BCUT2D eigenvalue weighted by Gasteiger charge is 2.15. The van der Waals surface area contributed by atoms with Gasteiger partial charge >= 0.3 is 0 Å². The molecule has 1 aromatic carbocycles. The van der Waals surface area contributed by atoms with Gasteiger partial charge in [0.1, 0.15) is 30.0 Å².